The fraction of sp³-hybridized carbons (Fsp3) is 0.500. The van der Waals surface area contributed by atoms with Crippen molar-refractivity contribution < 1.29 is 19.7 Å². The number of aromatic hydroxyl groups is 1. The lowest BCUT2D eigenvalue weighted by molar-refractivity contribution is -0.143. The van der Waals surface area contributed by atoms with E-state index in [0.717, 1.165) is 12.8 Å². The normalized spacial score (nSPS) is 17.7. The summed E-state index contributed by atoms with van der Waals surface area (Å²) in [6.45, 7) is 1.77. The number of hydrogen-bond donors (Lipinski definition) is 2. The molecule has 0 aliphatic heterocycles. The Morgan fingerprint density at radius 3 is 2.44 bits per heavy atom. The lowest BCUT2D eigenvalue weighted by Crippen LogP contribution is -2.33. The van der Waals surface area contributed by atoms with Crippen molar-refractivity contribution in [2.75, 3.05) is 7.11 Å². The summed E-state index contributed by atoms with van der Waals surface area (Å²) in [5.41, 5.74) is 0.120. The van der Waals surface area contributed by atoms with E-state index in [-0.39, 0.29) is 5.75 Å². The maximum atomic E-state index is 11.7. The number of aliphatic carboxylic acids is 1. The molecule has 2 rings (SSSR count). The number of hydrogen-bond acceptors (Lipinski definition) is 3. The van der Waals surface area contributed by atoms with Gasteiger partial charge in [-0.1, -0.05) is 18.9 Å². The van der Waals surface area contributed by atoms with E-state index in [0.29, 0.717) is 29.7 Å². The van der Waals surface area contributed by atoms with Crippen molar-refractivity contribution in [3.63, 3.8) is 0 Å². The minimum Gasteiger partial charge on any atom is -0.507 e. The van der Waals surface area contributed by atoms with Crippen LogP contribution in [0.25, 0.3) is 0 Å². The molecule has 1 aliphatic carbocycles. The number of benzene rings is 1. The number of methoxy groups -OCH3 is 1. The molecular formula is C14H18O4. The number of ether oxygens (including phenoxy) is 1. The lowest BCUT2D eigenvalue weighted by Gasteiger charge is -2.27. The van der Waals surface area contributed by atoms with E-state index in [1.807, 2.05) is 0 Å². The second-order valence-electron chi connectivity index (χ2n) is 4.90. The monoisotopic (exact) mass is 250 g/mol. The first-order chi connectivity index (χ1) is 8.53. The first kappa shape index (κ1) is 12.7. The van der Waals surface area contributed by atoms with Crippen LogP contribution in [0.2, 0.25) is 0 Å². The van der Waals surface area contributed by atoms with Crippen LogP contribution in [0, 0.1) is 6.92 Å². The van der Waals surface area contributed by atoms with Gasteiger partial charge in [-0.3, -0.25) is 4.79 Å². The number of phenols is 1. The lowest BCUT2D eigenvalue weighted by atomic mass is 9.77. The molecule has 1 aromatic rings. The number of carboxylic acid groups (broad SMARTS) is 1. The van der Waals surface area contributed by atoms with Crippen molar-refractivity contribution in [2.45, 2.75) is 38.0 Å². The number of carbonyl (C=O) groups is 1. The van der Waals surface area contributed by atoms with Gasteiger partial charge in [-0.15, -0.1) is 0 Å². The van der Waals surface area contributed by atoms with E-state index in [1.165, 1.54) is 7.11 Å². The fourth-order valence-electron chi connectivity index (χ4n) is 2.86. The predicted octanol–water partition coefficient (Wildman–Crippen LogP) is 2.61. The Morgan fingerprint density at radius 2 is 1.94 bits per heavy atom. The smallest absolute Gasteiger partial charge is 0.314 e. The van der Waals surface area contributed by atoms with Crippen LogP contribution in [0.1, 0.15) is 36.8 Å². The van der Waals surface area contributed by atoms with Gasteiger partial charge in [-0.05, 0) is 31.4 Å². The maximum Gasteiger partial charge on any atom is 0.314 e. The van der Waals surface area contributed by atoms with Crippen molar-refractivity contribution in [2.24, 2.45) is 0 Å². The van der Waals surface area contributed by atoms with Crippen molar-refractivity contribution >= 4 is 5.97 Å². The highest BCUT2D eigenvalue weighted by molar-refractivity contribution is 5.84. The van der Waals surface area contributed by atoms with E-state index in [9.17, 15) is 15.0 Å². The van der Waals surface area contributed by atoms with Gasteiger partial charge < -0.3 is 14.9 Å². The Labute approximate surface area is 106 Å². The highest BCUT2D eigenvalue weighted by atomic mass is 16.5. The van der Waals surface area contributed by atoms with Crippen molar-refractivity contribution in [1.82, 2.24) is 0 Å². The summed E-state index contributed by atoms with van der Waals surface area (Å²) in [6.07, 6.45) is 2.83. The predicted molar refractivity (Wildman–Crippen MR) is 67.2 cm³/mol. The second-order valence-corrected chi connectivity index (χ2v) is 4.90. The summed E-state index contributed by atoms with van der Waals surface area (Å²) in [4.78, 5) is 11.7. The van der Waals surface area contributed by atoms with Gasteiger partial charge in [0.05, 0.1) is 18.1 Å². The highest BCUT2D eigenvalue weighted by Gasteiger charge is 2.46. The van der Waals surface area contributed by atoms with Crippen LogP contribution in [0.4, 0.5) is 0 Å². The fourth-order valence-corrected chi connectivity index (χ4v) is 2.86. The third kappa shape index (κ3) is 1.72. The summed E-state index contributed by atoms with van der Waals surface area (Å²) in [5, 5.41) is 19.8. The van der Waals surface area contributed by atoms with Crippen molar-refractivity contribution in [3.05, 3.63) is 23.3 Å². The van der Waals surface area contributed by atoms with E-state index in [2.05, 4.69) is 0 Å². The quantitative estimate of drug-likeness (QED) is 0.865. The van der Waals surface area contributed by atoms with E-state index in [4.69, 9.17) is 4.74 Å². The van der Waals surface area contributed by atoms with E-state index >= 15 is 0 Å². The first-order valence-electron chi connectivity index (χ1n) is 6.13. The Balaban J connectivity index is 2.67. The van der Waals surface area contributed by atoms with Gasteiger partial charge in [0, 0.05) is 0 Å². The zero-order valence-corrected chi connectivity index (χ0v) is 10.7. The van der Waals surface area contributed by atoms with Crippen molar-refractivity contribution in [1.29, 1.82) is 0 Å². The molecule has 1 aromatic carbocycles. The molecule has 0 atom stereocenters. The van der Waals surface area contributed by atoms with Crippen LogP contribution in [-0.4, -0.2) is 23.3 Å². The van der Waals surface area contributed by atoms with Gasteiger partial charge in [-0.2, -0.15) is 0 Å². The van der Waals surface area contributed by atoms with Crippen LogP contribution >= 0.6 is 0 Å². The molecule has 1 saturated carbocycles. The van der Waals surface area contributed by atoms with Gasteiger partial charge >= 0.3 is 5.97 Å². The molecule has 1 fully saturated rings. The minimum absolute atomic E-state index is 0.0543. The molecule has 0 spiro atoms. The summed E-state index contributed by atoms with van der Waals surface area (Å²) in [7, 11) is 1.50. The average molecular weight is 250 g/mol. The van der Waals surface area contributed by atoms with Crippen molar-refractivity contribution in [3.8, 4) is 11.5 Å². The minimum atomic E-state index is -0.999. The van der Waals surface area contributed by atoms with Gasteiger partial charge in [0.2, 0.25) is 0 Å². The van der Waals surface area contributed by atoms with Crippen LogP contribution in [0.3, 0.4) is 0 Å². The Kier molecular flexibility index (Phi) is 3.20. The molecular weight excluding hydrogens is 232 g/mol. The van der Waals surface area contributed by atoms with Crippen LogP contribution in [0.5, 0.6) is 11.5 Å². The molecule has 4 heteroatoms. The third-order valence-electron chi connectivity index (χ3n) is 3.91. The number of carboxylic acids is 1. The molecule has 4 nitrogen and oxygen atoms in total. The third-order valence-corrected chi connectivity index (χ3v) is 3.91. The second kappa shape index (κ2) is 4.52. The molecule has 0 unspecified atom stereocenters. The molecule has 0 saturated heterocycles. The number of rotatable bonds is 3. The van der Waals surface area contributed by atoms with E-state index < -0.39 is 11.4 Å². The summed E-state index contributed by atoms with van der Waals surface area (Å²) in [5.74, 6) is -0.361. The molecule has 0 aromatic heterocycles. The van der Waals surface area contributed by atoms with Gasteiger partial charge in [0.1, 0.15) is 11.5 Å². The zero-order chi connectivity index (χ0) is 13.3. The molecule has 1 aliphatic rings. The maximum absolute atomic E-state index is 11.7. The summed E-state index contributed by atoms with van der Waals surface area (Å²) >= 11 is 0. The molecule has 98 valence electrons. The zero-order valence-electron chi connectivity index (χ0n) is 10.7. The highest BCUT2D eigenvalue weighted by Crippen LogP contribution is 2.49. The number of aryl methyl sites for hydroxylation is 1. The Bertz CT molecular complexity index is 473. The average Bonchev–Trinajstić information content (AvgIpc) is 2.82. The van der Waals surface area contributed by atoms with Gasteiger partial charge in [-0.25, -0.2) is 0 Å². The number of phenolic OH excluding ortho intramolecular Hbond substituents is 1. The molecule has 0 radical (unpaired) electrons. The molecule has 0 heterocycles. The summed E-state index contributed by atoms with van der Waals surface area (Å²) < 4.78 is 5.25. The largest absolute Gasteiger partial charge is 0.507 e. The van der Waals surface area contributed by atoms with Gasteiger partial charge in [0.25, 0.3) is 0 Å². The van der Waals surface area contributed by atoms with Crippen LogP contribution in [-0.2, 0) is 10.2 Å². The molecule has 2 N–H and O–H groups in total. The molecule has 0 amide bonds. The topological polar surface area (TPSA) is 66.8 Å². The van der Waals surface area contributed by atoms with Crippen LogP contribution < -0.4 is 4.74 Å². The SMILES string of the molecule is COc1ccc(C)c(O)c1C1(C(=O)O)CCCC1. The Morgan fingerprint density at radius 1 is 1.33 bits per heavy atom. The standard InChI is InChI=1S/C14H18O4/c1-9-5-6-10(18-2)11(12(9)15)14(13(16)17)7-3-4-8-14/h5-6,15H,3-4,7-8H2,1-2H3,(H,16,17). The molecule has 0 bridgehead atoms. The summed E-state index contributed by atoms with van der Waals surface area (Å²) in [6, 6.07) is 3.47. The van der Waals surface area contributed by atoms with Crippen LogP contribution in [0.15, 0.2) is 12.1 Å². The molecule has 18 heavy (non-hydrogen) atoms. The van der Waals surface area contributed by atoms with Gasteiger partial charge in [0.15, 0.2) is 0 Å². The Hall–Kier alpha value is -1.71. The van der Waals surface area contributed by atoms with E-state index in [1.54, 1.807) is 19.1 Å². The first-order valence-corrected chi connectivity index (χ1v) is 6.13.